The van der Waals surface area contributed by atoms with Crippen molar-refractivity contribution in [3.05, 3.63) is 116 Å². The van der Waals surface area contributed by atoms with Crippen molar-refractivity contribution in [2.24, 2.45) is 5.10 Å². The maximum Gasteiger partial charge on any atom is 0.293 e. The van der Waals surface area contributed by atoms with Gasteiger partial charge in [0.15, 0.2) is 0 Å². The number of halogens is 2. The van der Waals surface area contributed by atoms with E-state index >= 15 is 0 Å². The lowest BCUT2D eigenvalue weighted by atomic mass is 10.2. The molecule has 0 spiro atoms. The number of nitro groups is 1. The van der Waals surface area contributed by atoms with Gasteiger partial charge in [0.05, 0.1) is 26.1 Å². The molecule has 1 heterocycles. The lowest BCUT2D eigenvalue weighted by Gasteiger charge is -2.23. The zero-order valence-corrected chi connectivity index (χ0v) is 23.6. The molecule has 0 radical (unpaired) electrons. The van der Waals surface area contributed by atoms with E-state index in [1.54, 1.807) is 18.2 Å². The number of carbonyl (C=O) groups excluding carboxylic acids is 1. The van der Waals surface area contributed by atoms with Gasteiger partial charge in [-0.2, -0.15) is 5.10 Å². The highest BCUT2D eigenvalue weighted by Gasteiger charge is 2.31. The van der Waals surface area contributed by atoms with Crippen LogP contribution in [0.15, 0.2) is 88.9 Å². The first kappa shape index (κ1) is 28.8. The van der Waals surface area contributed by atoms with Gasteiger partial charge in [0.1, 0.15) is 12.2 Å². The van der Waals surface area contributed by atoms with Crippen molar-refractivity contribution in [2.75, 3.05) is 10.8 Å². The van der Waals surface area contributed by atoms with Crippen LogP contribution in [0.2, 0.25) is 10.0 Å². The molecule has 0 bridgehead atoms. The van der Waals surface area contributed by atoms with E-state index in [0.29, 0.717) is 19.9 Å². The Morgan fingerprint density at radius 2 is 1.70 bits per heavy atom. The van der Waals surface area contributed by atoms with Crippen molar-refractivity contribution < 1.29 is 18.1 Å². The Labute approximate surface area is 240 Å². The van der Waals surface area contributed by atoms with Crippen LogP contribution in [0.5, 0.6) is 0 Å². The van der Waals surface area contributed by atoms with Gasteiger partial charge in [-0.05, 0) is 56.3 Å². The van der Waals surface area contributed by atoms with Gasteiger partial charge >= 0.3 is 0 Å². The zero-order chi connectivity index (χ0) is 29.0. The second kappa shape index (κ2) is 11.9. The Morgan fingerprint density at radius 3 is 2.38 bits per heavy atom. The summed E-state index contributed by atoms with van der Waals surface area (Å²) in [6.07, 6.45) is 1.43. The second-order valence-corrected chi connectivity index (χ2v) is 11.3. The predicted octanol–water partition coefficient (Wildman–Crippen LogP) is 5.65. The van der Waals surface area contributed by atoms with Crippen LogP contribution in [0.3, 0.4) is 0 Å². The third-order valence-electron chi connectivity index (χ3n) is 5.99. The molecular formula is C27H23Cl2N5O5S. The monoisotopic (exact) mass is 599 g/mol. The number of hydrazone groups is 1. The number of carbonyl (C=O) groups is 1. The van der Waals surface area contributed by atoms with Crippen molar-refractivity contribution in [1.29, 1.82) is 0 Å². The first-order chi connectivity index (χ1) is 19.0. The second-order valence-electron chi connectivity index (χ2n) is 8.62. The van der Waals surface area contributed by atoms with Gasteiger partial charge < -0.3 is 4.57 Å². The first-order valence-corrected chi connectivity index (χ1v) is 14.0. The molecule has 0 fully saturated rings. The van der Waals surface area contributed by atoms with E-state index < -0.39 is 33.1 Å². The fraction of sp³-hybridized carbons (Fsp3) is 0.111. The van der Waals surface area contributed by atoms with Gasteiger partial charge in [0.2, 0.25) is 0 Å². The Morgan fingerprint density at radius 1 is 1.02 bits per heavy atom. The average molecular weight is 600 g/mol. The van der Waals surface area contributed by atoms with Gasteiger partial charge in [-0.25, -0.2) is 18.1 Å². The van der Waals surface area contributed by atoms with Crippen LogP contribution in [-0.2, 0) is 14.8 Å². The average Bonchev–Trinajstić information content (AvgIpc) is 3.21. The van der Waals surface area contributed by atoms with E-state index in [1.165, 1.54) is 54.7 Å². The van der Waals surface area contributed by atoms with Crippen LogP contribution >= 0.6 is 23.2 Å². The minimum atomic E-state index is -4.34. The summed E-state index contributed by atoms with van der Waals surface area (Å²) in [5.41, 5.74) is 4.77. The SMILES string of the molecule is Cc1cc(/C=N/NC(=O)CN(c2ccccc2[N+](=O)[O-])S(=O)(=O)c2ccccc2)c(C)n1-c1ccc(Cl)c(Cl)c1. The summed E-state index contributed by atoms with van der Waals surface area (Å²) in [5.74, 6) is -0.799. The number of aromatic nitrogens is 1. The molecule has 0 aliphatic carbocycles. The maximum absolute atomic E-state index is 13.5. The van der Waals surface area contributed by atoms with Gasteiger partial charge in [0.25, 0.3) is 21.6 Å². The summed E-state index contributed by atoms with van der Waals surface area (Å²) in [4.78, 5) is 23.7. The highest BCUT2D eigenvalue weighted by atomic mass is 35.5. The van der Waals surface area contributed by atoms with Crippen LogP contribution in [0.4, 0.5) is 11.4 Å². The van der Waals surface area contributed by atoms with E-state index in [2.05, 4.69) is 10.5 Å². The molecule has 0 atom stereocenters. The predicted molar refractivity (Wildman–Crippen MR) is 155 cm³/mol. The highest BCUT2D eigenvalue weighted by Crippen LogP contribution is 2.32. The quantitative estimate of drug-likeness (QED) is 0.151. The third-order valence-corrected chi connectivity index (χ3v) is 8.50. The third kappa shape index (κ3) is 6.01. The molecule has 10 nitrogen and oxygen atoms in total. The number of rotatable bonds is 9. The maximum atomic E-state index is 13.5. The van der Waals surface area contributed by atoms with E-state index in [-0.39, 0.29) is 10.6 Å². The van der Waals surface area contributed by atoms with Crippen molar-refractivity contribution in [2.45, 2.75) is 18.7 Å². The van der Waals surface area contributed by atoms with Crippen LogP contribution in [0, 0.1) is 24.0 Å². The first-order valence-electron chi connectivity index (χ1n) is 11.8. The van der Waals surface area contributed by atoms with E-state index in [0.717, 1.165) is 17.1 Å². The minimum absolute atomic E-state index is 0.126. The van der Waals surface area contributed by atoms with E-state index in [9.17, 15) is 23.3 Å². The summed E-state index contributed by atoms with van der Waals surface area (Å²) >= 11 is 12.2. The molecule has 206 valence electrons. The molecule has 13 heteroatoms. The zero-order valence-electron chi connectivity index (χ0n) is 21.3. The molecule has 4 aromatic rings. The number of para-hydroxylation sites is 2. The van der Waals surface area contributed by atoms with Gasteiger partial charge in [-0.3, -0.25) is 14.9 Å². The van der Waals surface area contributed by atoms with Crippen LogP contribution in [-0.4, -0.2) is 36.6 Å². The summed E-state index contributed by atoms with van der Waals surface area (Å²) in [5, 5.41) is 16.5. The van der Waals surface area contributed by atoms with E-state index in [4.69, 9.17) is 23.2 Å². The summed E-state index contributed by atoms with van der Waals surface area (Å²) < 4.78 is 29.6. The number of nitrogens with zero attached hydrogens (tertiary/aromatic N) is 4. The highest BCUT2D eigenvalue weighted by molar-refractivity contribution is 7.92. The molecule has 0 aliphatic heterocycles. The molecule has 0 aliphatic rings. The van der Waals surface area contributed by atoms with Crippen LogP contribution in [0.25, 0.3) is 5.69 Å². The number of hydrogen-bond donors (Lipinski definition) is 1. The molecule has 0 unspecified atom stereocenters. The molecule has 1 aromatic heterocycles. The number of amides is 1. The number of aryl methyl sites for hydroxylation is 1. The Balaban J connectivity index is 1.60. The van der Waals surface area contributed by atoms with Gasteiger partial charge in [0, 0.05) is 28.7 Å². The van der Waals surface area contributed by atoms with Gasteiger partial charge in [-0.1, -0.05) is 53.5 Å². The van der Waals surface area contributed by atoms with Crippen LogP contribution < -0.4 is 9.73 Å². The van der Waals surface area contributed by atoms with Crippen molar-refractivity contribution in [3.63, 3.8) is 0 Å². The fourth-order valence-electron chi connectivity index (χ4n) is 4.13. The summed E-state index contributed by atoms with van der Waals surface area (Å²) in [7, 11) is -4.34. The standard InChI is InChI=1S/C27H23Cl2N5O5S/c1-18-14-20(19(2)33(18)21-12-13-23(28)24(29)15-21)16-30-31-27(35)17-32(25-10-6-7-11-26(25)34(36)37)40(38,39)22-8-4-3-5-9-22/h3-16H,17H2,1-2H3,(H,31,35)/b30-16+. The smallest absolute Gasteiger partial charge is 0.293 e. The number of sulfonamides is 1. The summed E-state index contributed by atoms with van der Waals surface area (Å²) in [6, 6.07) is 19.8. The topological polar surface area (TPSA) is 127 Å². The molecular weight excluding hydrogens is 577 g/mol. The molecule has 3 aromatic carbocycles. The van der Waals surface area contributed by atoms with Gasteiger partial charge in [-0.15, -0.1) is 0 Å². The Bertz CT molecular complexity index is 1720. The van der Waals surface area contributed by atoms with Crippen molar-refractivity contribution >= 4 is 56.7 Å². The molecule has 0 saturated heterocycles. The number of nitro benzene ring substituents is 1. The van der Waals surface area contributed by atoms with Crippen molar-refractivity contribution in [1.82, 2.24) is 9.99 Å². The summed E-state index contributed by atoms with van der Waals surface area (Å²) in [6.45, 7) is 3.01. The number of anilines is 1. The largest absolute Gasteiger partial charge is 0.318 e. The van der Waals surface area contributed by atoms with Crippen LogP contribution in [0.1, 0.15) is 17.0 Å². The van der Waals surface area contributed by atoms with E-state index in [1.807, 2.05) is 30.5 Å². The number of hydrogen-bond acceptors (Lipinski definition) is 6. The minimum Gasteiger partial charge on any atom is -0.318 e. The van der Waals surface area contributed by atoms with Crippen molar-refractivity contribution in [3.8, 4) is 5.69 Å². The lowest BCUT2D eigenvalue weighted by molar-refractivity contribution is -0.384. The molecule has 1 N–H and O–H groups in total. The molecule has 4 rings (SSSR count). The molecule has 40 heavy (non-hydrogen) atoms. The number of benzene rings is 3. The lowest BCUT2D eigenvalue weighted by Crippen LogP contribution is -2.39. The Hall–Kier alpha value is -4.19. The fourth-order valence-corrected chi connectivity index (χ4v) is 5.88. The number of nitrogens with one attached hydrogen (secondary N) is 1. The molecule has 0 saturated carbocycles. The normalized spacial score (nSPS) is 11.5. The Kier molecular flexibility index (Phi) is 8.58. The molecule has 1 amide bonds.